The number of imidazole rings is 1. The predicted molar refractivity (Wildman–Crippen MR) is 100 cm³/mol. The minimum atomic E-state index is 0.186. The Bertz CT molecular complexity index is 902. The van der Waals surface area contributed by atoms with Crippen molar-refractivity contribution < 1.29 is 0 Å². The summed E-state index contributed by atoms with van der Waals surface area (Å²) >= 11 is 7.95. The molecule has 3 heterocycles. The number of hydrogen-bond donors (Lipinski definition) is 1. The summed E-state index contributed by atoms with van der Waals surface area (Å²) in [6.07, 6.45) is 1.11. The van der Waals surface area contributed by atoms with Crippen LogP contribution in [-0.2, 0) is 0 Å². The van der Waals surface area contributed by atoms with Gasteiger partial charge in [0.2, 0.25) is 10.1 Å². The molecule has 1 atom stereocenters. The average Bonchev–Trinajstić information content (AvgIpc) is 3.24. The largest absolute Gasteiger partial charge is 0.346 e. The van der Waals surface area contributed by atoms with Gasteiger partial charge < -0.3 is 10.6 Å². The molecule has 2 aromatic heterocycles. The van der Waals surface area contributed by atoms with Crippen LogP contribution >= 0.6 is 22.9 Å². The van der Waals surface area contributed by atoms with Gasteiger partial charge in [-0.1, -0.05) is 48.1 Å². The Labute approximate surface area is 150 Å². The molecule has 1 saturated heterocycles. The molecule has 0 amide bonds. The summed E-state index contributed by atoms with van der Waals surface area (Å²) < 4.78 is 1.93. The van der Waals surface area contributed by atoms with Crippen molar-refractivity contribution in [3.63, 3.8) is 0 Å². The summed E-state index contributed by atoms with van der Waals surface area (Å²) in [5, 5.41) is 6.51. The van der Waals surface area contributed by atoms with E-state index in [0.29, 0.717) is 11.6 Å². The molecule has 0 spiro atoms. The summed E-state index contributed by atoms with van der Waals surface area (Å²) in [4.78, 5) is 8.00. The Hall–Kier alpha value is -1.63. The van der Waals surface area contributed by atoms with Gasteiger partial charge in [-0.25, -0.2) is 9.50 Å². The van der Waals surface area contributed by atoms with Gasteiger partial charge in [-0.3, -0.25) is 0 Å². The number of nitrogens with zero attached hydrogens (tertiary/aromatic N) is 4. The molecule has 0 aliphatic carbocycles. The number of fused-ring (bicyclic) bond motifs is 1. The zero-order valence-corrected chi connectivity index (χ0v) is 15.4. The predicted octanol–water partition coefficient (Wildman–Crippen LogP) is 3.59. The van der Waals surface area contributed by atoms with E-state index in [0.717, 1.165) is 46.6 Å². The summed E-state index contributed by atoms with van der Waals surface area (Å²) in [6.45, 7) is 6.95. The first-order valence-corrected chi connectivity index (χ1v) is 9.26. The fourth-order valence-electron chi connectivity index (χ4n) is 3.23. The second-order valence-corrected chi connectivity index (χ2v) is 8.13. The standard InChI is InChI=1S/C17H20ClN5S/c1-11-14(12-5-3-4-6-13(12)18)20-15-23(11)21-16(24-15)22-8-7-17(2,9-19)10-22/h3-6H,7-10,19H2,1-2H3. The molecular formula is C17H20ClN5S. The van der Waals surface area contributed by atoms with Gasteiger partial charge in [-0.15, -0.1) is 5.10 Å². The zero-order chi connectivity index (χ0) is 16.9. The molecule has 1 unspecified atom stereocenters. The van der Waals surface area contributed by atoms with E-state index in [4.69, 9.17) is 27.4 Å². The molecule has 4 rings (SSSR count). The van der Waals surface area contributed by atoms with Crippen LogP contribution in [0.3, 0.4) is 0 Å². The fraction of sp³-hybridized carbons (Fsp3) is 0.412. The van der Waals surface area contributed by atoms with Gasteiger partial charge in [-0.2, -0.15) is 0 Å². The highest BCUT2D eigenvalue weighted by molar-refractivity contribution is 7.20. The molecular weight excluding hydrogens is 342 g/mol. The van der Waals surface area contributed by atoms with E-state index in [2.05, 4.69) is 11.8 Å². The third-order valence-corrected chi connectivity index (χ3v) is 6.17. The second-order valence-electron chi connectivity index (χ2n) is 6.79. The highest BCUT2D eigenvalue weighted by atomic mass is 35.5. The number of rotatable bonds is 3. The van der Waals surface area contributed by atoms with Crippen LogP contribution < -0.4 is 10.6 Å². The maximum absolute atomic E-state index is 6.32. The van der Waals surface area contributed by atoms with E-state index < -0.39 is 0 Å². The van der Waals surface area contributed by atoms with Crippen molar-refractivity contribution in [3.05, 3.63) is 35.0 Å². The molecule has 1 aliphatic rings. The Morgan fingerprint density at radius 2 is 2.17 bits per heavy atom. The molecule has 24 heavy (non-hydrogen) atoms. The molecule has 1 aromatic carbocycles. The van der Waals surface area contributed by atoms with Crippen LogP contribution in [0.4, 0.5) is 5.13 Å². The van der Waals surface area contributed by atoms with Gasteiger partial charge in [0.1, 0.15) is 0 Å². The smallest absolute Gasteiger partial charge is 0.214 e. The molecule has 1 fully saturated rings. The van der Waals surface area contributed by atoms with Crippen molar-refractivity contribution in [2.75, 3.05) is 24.5 Å². The van der Waals surface area contributed by atoms with Crippen LogP contribution in [0.1, 0.15) is 19.0 Å². The number of anilines is 1. The molecule has 126 valence electrons. The molecule has 2 N–H and O–H groups in total. The van der Waals surface area contributed by atoms with Crippen LogP contribution in [0.2, 0.25) is 5.02 Å². The number of aryl methyl sites for hydroxylation is 1. The third kappa shape index (κ3) is 2.49. The molecule has 0 bridgehead atoms. The van der Waals surface area contributed by atoms with E-state index >= 15 is 0 Å². The van der Waals surface area contributed by atoms with E-state index in [1.807, 2.05) is 35.7 Å². The highest BCUT2D eigenvalue weighted by Gasteiger charge is 2.34. The lowest BCUT2D eigenvalue weighted by atomic mass is 9.90. The summed E-state index contributed by atoms with van der Waals surface area (Å²) in [5.74, 6) is 0. The Kier molecular flexibility index (Phi) is 3.78. The van der Waals surface area contributed by atoms with E-state index in [1.54, 1.807) is 11.3 Å². The topological polar surface area (TPSA) is 59.5 Å². The Balaban J connectivity index is 1.71. The molecule has 7 heteroatoms. The number of nitrogens with two attached hydrogens (primary N) is 1. The average molecular weight is 362 g/mol. The lowest BCUT2D eigenvalue weighted by Gasteiger charge is -2.21. The van der Waals surface area contributed by atoms with Gasteiger partial charge in [0.25, 0.3) is 0 Å². The van der Waals surface area contributed by atoms with Gasteiger partial charge in [0.05, 0.1) is 16.4 Å². The van der Waals surface area contributed by atoms with Crippen LogP contribution in [-0.4, -0.2) is 34.2 Å². The van der Waals surface area contributed by atoms with Crippen LogP contribution in [0.5, 0.6) is 0 Å². The molecule has 0 radical (unpaired) electrons. The molecule has 0 saturated carbocycles. The minimum absolute atomic E-state index is 0.186. The SMILES string of the molecule is Cc1c(-c2ccccc2Cl)nc2sc(N3CCC(C)(CN)C3)nn12. The van der Waals surface area contributed by atoms with Crippen molar-refractivity contribution in [3.8, 4) is 11.3 Å². The quantitative estimate of drug-likeness (QED) is 0.774. The number of aromatic nitrogens is 3. The lowest BCUT2D eigenvalue weighted by Crippen LogP contribution is -2.31. The molecule has 5 nitrogen and oxygen atoms in total. The van der Waals surface area contributed by atoms with Crippen LogP contribution in [0, 0.1) is 12.3 Å². The van der Waals surface area contributed by atoms with E-state index in [9.17, 15) is 0 Å². The monoisotopic (exact) mass is 361 g/mol. The first-order chi connectivity index (χ1) is 11.5. The van der Waals surface area contributed by atoms with Crippen molar-refractivity contribution in [2.24, 2.45) is 11.1 Å². The fourth-order valence-corrected chi connectivity index (χ4v) is 4.43. The molecule has 1 aliphatic heterocycles. The first kappa shape index (κ1) is 15.9. The van der Waals surface area contributed by atoms with Crippen molar-refractivity contribution in [1.82, 2.24) is 14.6 Å². The van der Waals surface area contributed by atoms with Crippen molar-refractivity contribution in [1.29, 1.82) is 0 Å². The number of halogens is 1. The zero-order valence-electron chi connectivity index (χ0n) is 13.8. The second kappa shape index (κ2) is 5.72. The maximum Gasteiger partial charge on any atom is 0.214 e. The van der Waals surface area contributed by atoms with Gasteiger partial charge in [0.15, 0.2) is 0 Å². The number of benzene rings is 1. The van der Waals surface area contributed by atoms with Crippen molar-refractivity contribution >= 4 is 33.0 Å². The van der Waals surface area contributed by atoms with E-state index in [1.165, 1.54) is 0 Å². The van der Waals surface area contributed by atoms with Gasteiger partial charge in [0, 0.05) is 18.7 Å². The summed E-state index contributed by atoms with van der Waals surface area (Å²) in [5.41, 5.74) is 8.97. The normalized spacial score (nSPS) is 21.1. The summed E-state index contributed by atoms with van der Waals surface area (Å²) in [7, 11) is 0. The lowest BCUT2D eigenvalue weighted by molar-refractivity contribution is 0.383. The maximum atomic E-state index is 6.32. The van der Waals surface area contributed by atoms with Crippen LogP contribution in [0.25, 0.3) is 16.2 Å². The summed E-state index contributed by atoms with van der Waals surface area (Å²) in [6, 6.07) is 7.79. The Morgan fingerprint density at radius 3 is 2.83 bits per heavy atom. The first-order valence-electron chi connectivity index (χ1n) is 8.07. The third-order valence-electron chi connectivity index (χ3n) is 4.87. The van der Waals surface area contributed by atoms with E-state index in [-0.39, 0.29) is 5.41 Å². The van der Waals surface area contributed by atoms with Gasteiger partial charge >= 0.3 is 0 Å². The molecule has 3 aromatic rings. The highest BCUT2D eigenvalue weighted by Crippen LogP contribution is 2.36. The number of hydrogen-bond acceptors (Lipinski definition) is 5. The van der Waals surface area contributed by atoms with Gasteiger partial charge in [-0.05, 0) is 31.4 Å². The van der Waals surface area contributed by atoms with Crippen LogP contribution in [0.15, 0.2) is 24.3 Å². The van der Waals surface area contributed by atoms with Crippen molar-refractivity contribution in [2.45, 2.75) is 20.3 Å². The minimum Gasteiger partial charge on any atom is -0.346 e. The Morgan fingerprint density at radius 1 is 1.38 bits per heavy atom.